The van der Waals surface area contributed by atoms with Gasteiger partial charge in [-0.05, 0) is 46.5 Å². The lowest BCUT2D eigenvalue weighted by Gasteiger charge is -2.14. The molecule has 4 heteroatoms. The van der Waals surface area contributed by atoms with Crippen LogP contribution in [0.1, 0.15) is 38.5 Å². The fourth-order valence-electron chi connectivity index (χ4n) is 4.37. The van der Waals surface area contributed by atoms with Gasteiger partial charge in [-0.3, -0.25) is 4.79 Å². The predicted octanol–water partition coefficient (Wildman–Crippen LogP) is 5.81. The van der Waals surface area contributed by atoms with Crippen LogP contribution in [-0.2, 0) is 4.74 Å². The second-order valence-electron chi connectivity index (χ2n) is 8.25. The average molecular weight is 458 g/mol. The monoisotopic (exact) mass is 457 g/mol. The maximum Gasteiger partial charge on any atom is 0.407 e. The lowest BCUT2D eigenvalue weighted by molar-refractivity contribution is 0.103. The van der Waals surface area contributed by atoms with Gasteiger partial charge in [0.2, 0.25) is 0 Å². The van der Waals surface area contributed by atoms with Crippen LogP contribution >= 0.6 is 0 Å². The van der Waals surface area contributed by atoms with Crippen molar-refractivity contribution in [1.82, 2.24) is 5.32 Å². The molecule has 0 bridgehead atoms. The molecule has 5 rings (SSSR count). The molecule has 170 valence electrons. The minimum atomic E-state index is -0.495. The topological polar surface area (TPSA) is 55.4 Å². The summed E-state index contributed by atoms with van der Waals surface area (Å²) in [6.07, 6.45) is -0.495. The summed E-state index contributed by atoms with van der Waals surface area (Å²) in [5.41, 5.74) is 6.77. The minimum Gasteiger partial charge on any atom is -0.449 e. The minimum absolute atomic E-state index is 0.0244. The number of fused-ring (bicyclic) bond motifs is 3. The van der Waals surface area contributed by atoms with Gasteiger partial charge in [0.15, 0.2) is 5.78 Å². The smallest absolute Gasteiger partial charge is 0.407 e. The van der Waals surface area contributed by atoms with Crippen molar-refractivity contribution in [2.24, 2.45) is 0 Å². The Hall–Kier alpha value is -4.62. The van der Waals surface area contributed by atoms with E-state index in [2.05, 4.69) is 41.4 Å². The number of alkyl carbamates (subject to hydrolysis) is 1. The molecule has 1 amide bonds. The van der Waals surface area contributed by atoms with E-state index in [-0.39, 0.29) is 24.9 Å². The molecule has 0 saturated carbocycles. The van der Waals surface area contributed by atoms with Crippen LogP contribution in [0.4, 0.5) is 4.79 Å². The van der Waals surface area contributed by atoms with E-state index in [0.29, 0.717) is 11.1 Å². The third-order valence-electron chi connectivity index (χ3n) is 6.08. The molecule has 0 radical (unpaired) electrons. The van der Waals surface area contributed by atoms with Gasteiger partial charge in [0.1, 0.15) is 6.61 Å². The Kier molecular flexibility index (Phi) is 6.41. The molecule has 0 atom stereocenters. The van der Waals surface area contributed by atoms with E-state index in [1.54, 1.807) is 36.4 Å². The number of carbonyl (C=O) groups is 2. The number of amides is 1. The van der Waals surface area contributed by atoms with Gasteiger partial charge in [0.05, 0.1) is 6.54 Å². The summed E-state index contributed by atoms with van der Waals surface area (Å²) in [6, 6.07) is 32.8. The van der Waals surface area contributed by atoms with Crippen LogP contribution in [0.5, 0.6) is 0 Å². The Bertz CT molecular complexity index is 1380. The number of ether oxygens (including phenoxy) is 1. The summed E-state index contributed by atoms with van der Waals surface area (Å²) >= 11 is 0. The molecule has 4 aromatic rings. The van der Waals surface area contributed by atoms with Gasteiger partial charge in [-0.1, -0.05) is 90.7 Å². The number of ketones is 1. The number of hydrogen-bond donors (Lipinski definition) is 1. The quantitative estimate of drug-likeness (QED) is 0.304. The van der Waals surface area contributed by atoms with Crippen molar-refractivity contribution in [2.75, 3.05) is 13.2 Å². The molecule has 0 heterocycles. The molecule has 4 nitrogen and oxygen atoms in total. The molecular formula is C31H23NO3. The summed E-state index contributed by atoms with van der Waals surface area (Å²) in [4.78, 5) is 24.7. The highest BCUT2D eigenvalue weighted by Crippen LogP contribution is 2.44. The molecule has 1 aliphatic rings. The number of carbonyl (C=O) groups excluding carboxylic acids is 2. The summed E-state index contributed by atoms with van der Waals surface area (Å²) in [5, 5.41) is 2.69. The molecular weight excluding hydrogens is 434 g/mol. The highest BCUT2D eigenvalue weighted by molar-refractivity contribution is 6.08. The second-order valence-corrected chi connectivity index (χ2v) is 8.25. The van der Waals surface area contributed by atoms with Crippen LogP contribution < -0.4 is 5.32 Å². The lowest BCUT2D eigenvalue weighted by atomic mass is 9.98. The predicted molar refractivity (Wildman–Crippen MR) is 136 cm³/mol. The number of rotatable bonds is 5. The Morgan fingerprint density at radius 2 is 1.29 bits per heavy atom. The maximum absolute atomic E-state index is 12.5. The summed E-state index contributed by atoms with van der Waals surface area (Å²) in [6.45, 7) is 0.436. The molecule has 35 heavy (non-hydrogen) atoms. The second kappa shape index (κ2) is 10.1. The number of nitrogens with one attached hydrogen (secondary N) is 1. The van der Waals surface area contributed by atoms with E-state index in [9.17, 15) is 9.59 Å². The van der Waals surface area contributed by atoms with Gasteiger partial charge in [0, 0.05) is 22.6 Å². The van der Waals surface area contributed by atoms with Crippen molar-refractivity contribution in [2.45, 2.75) is 5.92 Å². The molecule has 0 spiro atoms. The first-order valence-electron chi connectivity index (χ1n) is 11.5. The van der Waals surface area contributed by atoms with Gasteiger partial charge < -0.3 is 10.1 Å². The third kappa shape index (κ3) is 4.85. The largest absolute Gasteiger partial charge is 0.449 e. The van der Waals surface area contributed by atoms with Crippen molar-refractivity contribution in [3.63, 3.8) is 0 Å². The Morgan fingerprint density at radius 1 is 0.714 bits per heavy atom. The SMILES string of the molecule is O=C(NCC#Cc1ccc(C(=O)c2ccccc2)cc1)OCC1c2ccccc2-c2ccccc21. The van der Waals surface area contributed by atoms with Gasteiger partial charge in [-0.15, -0.1) is 0 Å². The zero-order valence-electron chi connectivity index (χ0n) is 19.0. The van der Waals surface area contributed by atoms with E-state index in [1.807, 2.05) is 42.5 Å². The highest BCUT2D eigenvalue weighted by Gasteiger charge is 2.28. The fourth-order valence-corrected chi connectivity index (χ4v) is 4.37. The first-order chi connectivity index (χ1) is 17.2. The summed E-state index contributed by atoms with van der Waals surface area (Å²) < 4.78 is 5.52. The van der Waals surface area contributed by atoms with Crippen LogP contribution in [0.25, 0.3) is 11.1 Å². The molecule has 1 N–H and O–H groups in total. The molecule has 0 aromatic heterocycles. The van der Waals surface area contributed by atoms with E-state index in [0.717, 1.165) is 5.56 Å². The van der Waals surface area contributed by atoms with Crippen molar-refractivity contribution in [1.29, 1.82) is 0 Å². The molecule has 4 aromatic carbocycles. The first-order valence-corrected chi connectivity index (χ1v) is 11.5. The Balaban J connectivity index is 1.14. The lowest BCUT2D eigenvalue weighted by Crippen LogP contribution is -2.26. The van der Waals surface area contributed by atoms with Gasteiger partial charge in [-0.2, -0.15) is 0 Å². The summed E-state index contributed by atoms with van der Waals surface area (Å²) in [7, 11) is 0. The van der Waals surface area contributed by atoms with Crippen molar-refractivity contribution >= 4 is 11.9 Å². The Morgan fingerprint density at radius 3 is 1.94 bits per heavy atom. The molecule has 0 unspecified atom stereocenters. The molecule has 1 aliphatic carbocycles. The number of hydrogen-bond acceptors (Lipinski definition) is 3. The maximum atomic E-state index is 12.5. The normalized spacial score (nSPS) is 11.5. The fraction of sp³-hybridized carbons (Fsp3) is 0.0968. The first kappa shape index (κ1) is 22.2. The van der Waals surface area contributed by atoms with Crippen LogP contribution in [0.15, 0.2) is 103 Å². The number of benzene rings is 4. The van der Waals surface area contributed by atoms with E-state index < -0.39 is 6.09 Å². The summed E-state index contributed by atoms with van der Waals surface area (Å²) in [5.74, 6) is 5.92. The van der Waals surface area contributed by atoms with Gasteiger partial charge in [0.25, 0.3) is 0 Å². The molecule has 0 saturated heterocycles. The van der Waals surface area contributed by atoms with Crippen molar-refractivity contribution < 1.29 is 14.3 Å². The Labute approximate surface area is 204 Å². The van der Waals surface area contributed by atoms with E-state index in [1.165, 1.54) is 22.3 Å². The van der Waals surface area contributed by atoms with Crippen LogP contribution in [0.3, 0.4) is 0 Å². The van der Waals surface area contributed by atoms with Crippen LogP contribution in [0, 0.1) is 11.8 Å². The highest BCUT2D eigenvalue weighted by atomic mass is 16.5. The third-order valence-corrected chi connectivity index (χ3v) is 6.08. The molecule has 0 aliphatic heterocycles. The van der Waals surface area contributed by atoms with Crippen LogP contribution in [-0.4, -0.2) is 25.0 Å². The zero-order chi connectivity index (χ0) is 24.0. The van der Waals surface area contributed by atoms with Crippen molar-refractivity contribution in [3.05, 3.63) is 131 Å². The molecule has 0 fully saturated rings. The standard InChI is InChI=1S/C31H23NO3/c33-30(23-10-2-1-3-11-23)24-18-16-22(17-19-24)9-8-20-32-31(34)35-21-29-27-14-6-4-12-25(27)26-13-5-7-15-28(26)29/h1-7,10-19,29H,20-21H2,(H,32,34). The van der Waals surface area contributed by atoms with Gasteiger partial charge >= 0.3 is 6.09 Å². The van der Waals surface area contributed by atoms with Crippen LogP contribution in [0.2, 0.25) is 0 Å². The van der Waals surface area contributed by atoms with E-state index in [4.69, 9.17) is 4.74 Å². The van der Waals surface area contributed by atoms with E-state index >= 15 is 0 Å². The van der Waals surface area contributed by atoms with Crippen molar-refractivity contribution in [3.8, 4) is 23.0 Å². The average Bonchev–Trinajstić information content (AvgIpc) is 3.24. The van der Waals surface area contributed by atoms with Gasteiger partial charge in [-0.25, -0.2) is 4.79 Å². The zero-order valence-corrected chi connectivity index (χ0v) is 19.0.